The number of hydrogen-bond acceptors (Lipinski definition) is 0. The molecule has 15 heavy (non-hydrogen) atoms. The molecule has 0 N–H and O–H groups in total. The second-order valence-electron chi connectivity index (χ2n) is 4.97. The van der Waals surface area contributed by atoms with Crippen LogP contribution in [0.2, 0.25) is 0 Å². The molecule has 0 radical (unpaired) electrons. The molecule has 0 aromatic rings. The topological polar surface area (TPSA) is 0 Å². The van der Waals surface area contributed by atoms with Gasteiger partial charge in [0.15, 0.2) is 0 Å². The molecule has 0 spiro atoms. The molecule has 0 heteroatoms. The van der Waals surface area contributed by atoms with Crippen molar-refractivity contribution < 1.29 is 0 Å². The van der Waals surface area contributed by atoms with Gasteiger partial charge in [0.1, 0.15) is 0 Å². The highest BCUT2D eigenvalue weighted by Gasteiger charge is 2.13. The summed E-state index contributed by atoms with van der Waals surface area (Å²) in [5.41, 5.74) is 4.44. The Morgan fingerprint density at radius 2 is 2.27 bits per heavy atom. The van der Waals surface area contributed by atoms with E-state index >= 15 is 0 Å². The Kier molecular flexibility index (Phi) is 4.87. The van der Waals surface area contributed by atoms with E-state index in [0.29, 0.717) is 0 Å². The summed E-state index contributed by atoms with van der Waals surface area (Å²) in [7, 11) is 0. The van der Waals surface area contributed by atoms with Crippen LogP contribution in [0, 0.1) is 5.92 Å². The van der Waals surface area contributed by atoms with E-state index < -0.39 is 0 Å². The molecule has 0 nitrogen and oxygen atoms in total. The summed E-state index contributed by atoms with van der Waals surface area (Å²) in [4.78, 5) is 0. The van der Waals surface area contributed by atoms with Crippen molar-refractivity contribution in [2.75, 3.05) is 0 Å². The first kappa shape index (κ1) is 12.3. The van der Waals surface area contributed by atoms with Crippen LogP contribution >= 0.6 is 0 Å². The summed E-state index contributed by atoms with van der Waals surface area (Å²) in [6.07, 6.45) is 11.0. The van der Waals surface area contributed by atoms with Crippen LogP contribution in [0.5, 0.6) is 0 Å². The van der Waals surface area contributed by atoms with Gasteiger partial charge < -0.3 is 0 Å². The van der Waals surface area contributed by atoms with E-state index in [1.807, 2.05) is 0 Å². The van der Waals surface area contributed by atoms with Crippen molar-refractivity contribution in [3.63, 3.8) is 0 Å². The predicted molar refractivity (Wildman–Crippen MR) is 68.9 cm³/mol. The third kappa shape index (κ3) is 4.51. The summed E-state index contributed by atoms with van der Waals surface area (Å²) in [6.45, 7) is 10.6. The second-order valence-corrected chi connectivity index (χ2v) is 4.97. The number of rotatable bonds is 4. The minimum Gasteiger partial charge on any atom is -0.100 e. The van der Waals surface area contributed by atoms with Crippen LogP contribution in [-0.2, 0) is 0 Å². The smallest absolute Gasteiger partial charge is 0.0168 e. The van der Waals surface area contributed by atoms with E-state index in [1.165, 1.54) is 31.3 Å². The van der Waals surface area contributed by atoms with Crippen LogP contribution in [0.4, 0.5) is 0 Å². The first-order chi connectivity index (χ1) is 7.09. The maximum atomic E-state index is 3.94. The van der Waals surface area contributed by atoms with Crippen molar-refractivity contribution >= 4 is 0 Å². The molecule has 0 aliphatic heterocycles. The molecule has 0 saturated carbocycles. The average molecular weight is 204 g/mol. The molecule has 1 aliphatic carbocycles. The zero-order chi connectivity index (χ0) is 11.3. The molecule has 0 saturated heterocycles. The van der Waals surface area contributed by atoms with Gasteiger partial charge in [0.25, 0.3) is 0 Å². The van der Waals surface area contributed by atoms with Gasteiger partial charge >= 0.3 is 0 Å². The number of allylic oxidation sites excluding steroid dienone is 5. The van der Waals surface area contributed by atoms with Gasteiger partial charge in [0.2, 0.25) is 0 Å². The molecular weight excluding hydrogens is 180 g/mol. The van der Waals surface area contributed by atoms with Gasteiger partial charge in [0.05, 0.1) is 0 Å². The van der Waals surface area contributed by atoms with Gasteiger partial charge in [-0.1, -0.05) is 28.9 Å². The van der Waals surface area contributed by atoms with Gasteiger partial charge in [-0.25, -0.2) is 0 Å². The van der Waals surface area contributed by atoms with Crippen LogP contribution in [-0.4, -0.2) is 0 Å². The third-order valence-corrected chi connectivity index (χ3v) is 3.32. The minimum atomic E-state index is 0.804. The van der Waals surface area contributed by atoms with E-state index in [-0.39, 0.29) is 0 Å². The molecule has 1 atom stereocenters. The summed E-state index contributed by atoms with van der Waals surface area (Å²) < 4.78 is 0. The van der Waals surface area contributed by atoms with E-state index in [2.05, 4.69) is 39.5 Å². The zero-order valence-corrected chi connectivity index (χ0v) is 10.5. The van der Waals surface area contributed by atoms with Crippen LogP contribution in [0.1, 0.15) is 52.9 Å². The van der Waals surface area contributed by atoms with Gasteiger partial charge in [-0.2, -0.15) is 0 Å². The summed E-state index contributed by atoms with van der Waals surface area (Å²) in [6, 6.07) is 0. The Hall–Kier alpha value is -0.780. The SMILES string of the molecule is C=C(C)CC/C=C(\C)C1CC=C(C)CC1. The van der Waals surface area contributed by atoms with Crippen molar-refractivity contribution in [3.8, 4) is 0 Å². The van der Waals surface area contributed by atoms with E-state index in [1.54, 1.807) is 11.1 Å². The van der Waals surface area contributed by atoms with Gasteiger partial charge in [-0.3, -0.25) is 0 Å². The fourth-order valence-corrected chi connectivity index (χ4v) is 2.09. The summed E-state index contributed by atoms with van der Waals surface area (Å²) >= 11 is 0. The van der Waals surface area contributed by atoms with Crippen molar-refractivity contribution in [2.45, 2.75) is 52.9 Å². The summed E-state index contributed by atoms with van der Waals surface area (Å²) in [5, 5.41) is 0. The van der Waals surface area contributed by atoms with E-state index in [9.17, 15) is 0 Å². The molecule has 1 rings (SSSR count). The Balaban J connectivity index is 2.39. The Bertz CT molecular complexity index is 278. The predicted octanol–water partition coefficient (Wildman–Crippen LogP) is 5.04. The lowest BCUT2D eigenvalue weighted by Crippen LogP contribution is -2.06. The molecule has 0 amide bonds. The molecule has 0 heterocycles. The van der Waals surface area contributed by atoms with Crippen molar-refractivity contribution in [3.05, 3.63) is 35.5 Å². The van der Waals surface area contributed by atoms with Gasteiger partial charge in [-0.05, 0) is 58.8 Å². The lowest BCUT2D eigenvalue weighted by molar-refractivity contribution is 0.536. The first-order valence-electron chi connectivity index (χ1n) is 6.06. The number of hydrogen-bond donors (Lipinski definition) is 0. The lowest BCUT2D eigenvalue weighted by Gasteiger charge is -2.21. The van der Waals surface area contributed by atoms with Crippen molar-refractivity contribution in [2.24, 2.45) is 5.92 Å². The average Bonchev–Trinajstić information content (AvgIpc) is 2.18. The molecule has 0 fully saturated rings. The van der Waals surface area contributed by atoms with Crippen LogP contribution in [0.3, 0.4) is 0 Å². The molecule has 0 bridgehead atoms. The Labute approximate surface area is 94.8 Å². The molecule has 1 unspecified atom stereocenters. The Morgan fingerprint density at radius 1 is 1.53 bits per heavy atom. The molecule has 0 aromatic heterocycles. The van der Waals surface area contributed by atoms with E-state index in [4.69, 9.17) is 0 Å². The highest BCUT2D eigenvalue weighted by molar-refractivity contribution is 5.13. The Morgan fingerprint density at radius 3 is 2.80 bits per heavy atom. The standard InChI is InChI=1S/C15H24/c1-12(2)6-5-7-14(4)15-10-8-13(3)9-11-15/h7-8,15H,1,5-6,9-11H2,2-4H3/b14-7+. The molecular formula is C15H24. The minimum absolute atomic E-state index is 0.804. The normalized spacial score (nSPS) is 22.5. The molecule has 84 valence electrons. The molecule has 1 aliphatic rings. The summed E-state index contributed by atoms with van der Waals surface area (Å²) in [5.74, 6) is 0.804. The van der Waals surface area contributed by atoms with Gasteiger partial charge in [0, 0.05) is 0 Å². The zero-order valence-electron chi connectivity index (χ0n) is 10.5. The van der Waals surface area contributed by atoms with Crippen LogP contribution < -0.4 is 0 Å². The highest BCUT2D eigenvalue weighted by atomic mass is 14.2. The maximum Gasteiger partial charge on any atom is -0.0168 e. The third-order valence-electron chi connectivity index (χ3n) is 3.32. The fourth-order valence-electron chi connectivity index (χ4n) is 2.09. The van der Waals surface area contributed by atoms with Crippen molar-refractivity contribution in [1.29, 1.82) is 0 Å². The maximum absolute atomic E-state index is 3.94. The molecule has 0 aromatic carbocycles. The van der Waals surface area contributed by atoms with E-state index in [0.717, 1.165) is 12.3 Å². The van der Waals surface area contributed by atoms with Crippen molar-refractivity contribution in [1.82, 2.24) is 0 Å². The largest absolute Gasteiger partial charge is 0.100 e. The first-order valence-corrected chi connectivity index (χ1v) is 6.06. The fraction of sp³-hybridized carbons (Fsp3) is 0.600. The highest BCUT2D eigenvalue weighted by Crippen LogP contribution is 2.29. The lowest BCUT2D eigenvalue weighted by atomic mass is 9.85. The van der Waals surface area contributed by atoms with Gasteiger partial charge in [-0.15, -0.1) is 6.58 Å². The van der Waals surface area contributed by atoms with Crippen LogP contribution in [0.15, 0.2) is 35.5 Å². The quantitative estimate of drug-likeness (QED) is 0.563. The van der Waals surface area contributed by atoms with Crippen LogP contribution in [0.25, 0.3) is 0 Å². The monoisotopic (exact) mass is 204 g/mol. The second kappa shape index (κ2) is 5.95.